The van der Waals surface area contributed by atoms with Crippen molar-refractivity contribution in [2.24, 2.45) is 10.8 Å². The second-order valence-electron chi connectivity index (χ2n) is 8.98. The first-order valence-electron chi connectivity index (χ1n) is 13.1. The summed E-state index contributed by atoms with van der Waals surface area (Å²) < 4.78 is 22.0. The second kappa shape index (κ2) is 15.7. The number of rotatable bonds is 16. The molecule has 1 fully saturated rings. The van der Waals surface area contributed by atoms with Gasteiger partial charge in [-0.3, -0.25) is 19.2 Å². The summed E-state index contributed by atoms with van der Waals surface area (Å²) in [5.74, 6) is -3.60. The predicted molar refractivity (Wildman–Crippen MR) is 127 cm³/mol. The van der Waals surface area contributed by atoms with Gasteiger partial charge in [0.05, 0.1) is 26.4 Å². The van der Waals surface area contributed by atoms with Gasteiger partial charge in [0.15, 0.2) is 10.8 Å². The van der Waals surface area contributed by atoms with E-state index < -0.39 is 34.7 Å². The fourth-order valence-corrected chi connectivity index (χ4v) is 4.21. The lowest BCUT2D eigenvalue weighted by Crippen LogP contribution is -2.64. The number of unbranched alkanes of at least 4 members (excludes halogenated alkanes) is 4. The van der Waals surface area contributed by atoms with Crippen LogP contribution in [0, 0.1) is 10.8 Å². The Hall–Kier alpha value is -2.12. The Morgan fingerprint density at radius 2 is 0.735 bits per heavy atom. The van der Waals surface area contributed by atoms with Gasteiger partial charge in [-0.2, -0.15) is 0 Å². The number of carbonyl (C=O) groups excluding carboxylic acids is 4. The van der Waals surface area contributed by atoms with Crippen LogP contribution >= 0.6 is 0 Å². The van der Waals surface area contributed by atoms with Crippen molar-refractivity contribution >= 4 is 23.9 Å². The molecule has 0 heterocycles. The van der Waals surface area contributed by atoms with Crippen molar-refractivity contribution in [3.8, 4) is 0 Å². The van der Waals surface area contributed by atoms with Crippen LogP contribution in [0.3, 0.4) is 0 Å². The maximum atomic E-state index is 13.6. The topological polar surface area (TPSA) is 105 Å². The molecule has 8 nitrogen and oxygen atoms in total. The highest BCUT2D eigenvalue weighted by Gasteiger charge is 2.73. The maximum absolute atomic E-state index is 13.6. The van der Waals surface area contributed by atoms with E-state index in [1.54, 1.807) is 0 Å². The van der Waals surface area contributed by atoms with Gasteiger partial charge >= 0.3 is 23.9 Å². The molecule has 0 unspecified atom stereocenters. The quantitative estimate of drug-likeness (QED) is 0.132. The first-order chi connectivity index (χ1) is 16.4. The Morgan fingerprint density at radius 1 is 0.500 bits per heavy atom. The zero-order valence-corrected chi connectivity index (χ0v) is 21.6. The molecule has 1 saturated carbocycles. The van der Waals surface area contributed by atoms with Crippen molar-refractivity contribution in [3.05, 3.63) is 0 Å². The number of hydrogen-bond acceptors (Lipinski definition) is 8. The molecule has 0 radical (unpaired) electrons. The molecule has 0 bridgehead atoms. The van der Waals surface area contributed by atoms with E-state index in [1.165, 1.54) is 0 Å². The lowest BCUT2D eigenvalue weighted by atomic mass is 9.55. The summed E-state index contributed by atoms with van der Waals surface area (Å²) in [4.78, 5) is 54.5. The van der Waals surface area contributed by atoms with E-state index in [0.717, 1.165) is 25.7 Å². The van der Waals surface area contributed by atoms with Crippen molar-refractivity contribution in [2.75, 3.05) is 26.4 Å². The minimum atomic E-state index is -2.13. The van der Waals surface area contributed by atoms with Crippen molar-refractivity contribution in [1.29, 1.82) is 0 Å². The van der Waals surface area contributed by atoms with Gasteiger partial charge in [0.2, 0.25) is 0 Å². The number of hydrogen-bond donors (Lipinski definition) is 0. The van der Waals surface area contributed by atoms with Crippen molar-refractivity contribution < 1.29 is 38.1 Å². The van der Waals surface area contributed by atoms with Crippen LogP contribution < -0.4 is 0 Å². The first kappa shape index (κ1) is 29.9. The fraction of sp³-hybridized carbons (Fsp3) is 0.846. The van der Waals surface area contributed by atoms with Crippen LogP contribution in [0.5, 0.6) is 0 Å². The molecule has 8 heteroatoms. The number of carbonyl (C=O) groups is 4. The molecular weight excluding hydrogens is 440 g/mol. The summed E-state index contributed by atoms with van der Waals surface area (Å²) in [5, 5.41) is 0. The third-order valence-electron chi connectivity index (χ3n) is 6.40. The van der Waals surface area contributed by atoms with Crippen LogP contribution in [0.2, 0.25) is 0 Å². The van der Waals surface area contributed by atoms with Gasteiger partial charge in [0.1, 0.15) is 0 Å². The average Bonchev–Trinajstić information content (AvgIpc) is 2.84. The highest BCUT2D eigenvalue weighted by atomic mass is 16.6. The van der Waals surface area contributed by atoms with Crippen molar-refractivity contribution in [1.82, 2.24) is 0 Å². The summed E-state index contributed by atoms with van der Waals surface area (Å²) in [6, 6.07) is 0. The average molecular weight is 485 g/mol. The van der Waals surface area contributed by atoms with Crippen LogP contribution in [-0.2, 0) is 38.1 Å². The molecular formula is C26H44O8. The van der Waals surface area contributed by atoms with Gasteiger partial charge in [-0.1, -0.05) is 66.2 Å². The molecule has 1 aliphatic carbocycles. The Morgan fingerprint density at radius 3 is 0.941 bits per heavy atom. The van der Waals surface area contributed by atoms with Gasteiger partial charge in [0.25, 0.3) is 0 Å². The van der Waals surface area contributed by atoms with Gasteiger partial charge in [0, 0.05) is 0 Å². The van der Waals surface area contributed by atoms with Crippen LogP contribution in [-0.4, -0.2) is 50.3 Å². The first-order valence-corrected chi connectivity index (χ1v) is 13.1. The molecule has 1 rings (SSSR count). The second-order valence-corrected chi connectivity index (χ2v) is 8.98. The molecule has 1 aliphatic rings. The molecule has 34 heavy (non-hydrogen) atoms. The largest absolute Gasteiger partial charge is 0.465 e. The molecule has 0 aromatic rings. The van der Waals surface area contributed by atoms with Crippen LogP contribution in [0.4, 0.5) is 0 Å². The third kappa shape index (κ3) is 6.95. The molecule has 0 atom stereocenters. The maximum Gasteiger partial charge on any atom is 0.325 e. The predicted octanol–water partition coefficient (Wildman–Crippen LogP) is 4.91. The smallest absolute Gasteiger partial charge is 0.325 e. The summed E-state index contributed by atoms with van der Waals surface area (Å²) in [6.45, 7) is 8.15. The Balaban J connectivity index is 3.56. The molecule has 0 amide bonds. The lowest BCUT2D eigenvalue weighted by Gasteiger charge is -2.45. The van der Waals surface area contributed by atoms with E-state index in [1.807, 2.05) is 27.7 Å². The zero-order chi connectivity index (χ0) is 25.5. The minimum absolute atomic E-state index is 0.0331. The van der Waals surface area contributed by atoms with Gasteiger partial charge in [-0.25, -0.2) is 0 Å². The van der Waals surface area contributed by atoms with E-state index >= 15 is 0 Å². The van der Waals surface area contributed by atoms with Crippen molar-refractivity contribution in [3.63, 3.8) is 0 Å². The zero-order valence-electron chi connectivity index (χ0n) is 21.6. The van der Waals surface area contributed by atoms with E-state index in [-0.39, 0.29) is 39.3 Å². The van der Waals surface area contributed by atoms with Crippen LogP contribution in [0.15, 0.2) is 0 Å². The summed E-state index contributed by atoms with van der Waals surface area (Å²) in [5.41, 5.74) is -4.25. The number of esters is 4. The SMILES string of the molecule is CCCCOC(=O)C1(C(=O)OCCCC)CCCCC1(C(=O)OCCCC)C(=O)OCCCC. The monoisotopic (exact) mass is 484 g/mol. The molecule has 0 saturated heterocycles. The third-order valence-corrected chi connectivity index (χ3v) is 6.40. The molecule has 0 aliphatic heterocycles. The van der Waals surface area contributed by atoms with Gasteiger partial charge < -0.3 is 18.9 Å². The van der Waals surface area contributed by atoms with E-state index in [9.17, 15) is 19.2 Å². The molecule has 0 N–H and O–H groups in total. The molecule has 0 aromatic heterocycles. The minimum Gasteiger partial charge on any atom is -0.465 e. The summed E-state index contributed by atoms with van der Waals surface area (Å²) >= 11 is 0. The van der Waals surface area contributed by atoms with E-state index in [4.69, 9.17) is 18.9 Å². The number of ether oxygens (including phenoxy) is 4. The van der Waals surface area contributed by atoms with Crippen molar-refractivity contribution in [2.45, 2.75) is 105 Å². The summed E-state index contributed by atoms with van der Waals surface area (Å²) in [6.07, 6.45) is 6.40. The molecule has 196 valence electrons. The Bertz CT molecular complexity index is 557. The Labute approximate surface area is 204 Å². The van der Waals surface area contributed by atoms with Gasteiger partial charge in [-0.15, -0.1) is 0 Å². The fourth-order valence-electron chi connectivity index (χ4n) is 4.21. The highest BCUT2D eigenvalue weighted by Crippen LogP contribution is 2.54. The van der Waals surface area contributed by atoms with Gasteiger partial charge in [-0.05, 0) is 38.5 Å². The highest BCUT2D eigenvalue weighted by molar-refractivity contribution is 6.14. The van der Waals surface area contributed by atoms with Crippen LogP contribution in [0.25, 0.3) is 0 Å². The van der Waals surface area contributed by atoms with E-state index in [2.05, 4.69) is 0 Å². The van der Waals surface area contributed by atoms with Crippen LogP contribution in [0.1, 0.15) is 105 Å². The Kier molecular flexibility index (Phi) is 13.8. The molecule has 0 spiro atoms. The van der Waals surface area contributed by atoms with E-state index in [0.29, 0.717) is 38.5 Å². The molecule has 0 aromatic carbocycles. The normalized spacial score (nSPS) is 16.4. The standard InChI is InChI=1S/C26H44O8/c1-5-9-17-31-21(27)25(22(28)32-18-10-6-2)15-13-14-16-26(25,23(29)33-19-11-7-3)24(30)34-20-12-8-4/h5-20H2,1-4H3. The summed E-state index contributed by atoms with van der Waals surface area (Å²) in [7, 11) is 0. The lowest BCUT2D eigenvalue weighted by molar-refractivity contribution is -0.209.